The van der Waals surface area contributed by atoms with Crippen LogP contribution in [0.15, 0.2) is 72.8 Å². The molecule has 0 saturated heterocycles. The average molecular weight is 352 g/mol. The van der Waals surface area contributed by atoms with Crippen molar-refractivity contribution in [3.8, 4) is 6.07 Å². The number of benzene rings is 3. The standard InChI is InChI=1S/C22H16N4O/c23-13-14-6-9-17(10-7-14)25-21(15-4-2-1-3-5-15)20-18-12-16(24)8-11-19(18)26-22(20)27/h1-12,25H,24H2,(H,26,27)/b21-20-. The van der Waals surface area contributed by atoms with Crippen LogP contribution < -0.4 is 16.4 Å². The molecule has 1 heterocycles. The molecule has 0 unspecified atom stereocenters. The maximum atomic E-state index is 12.8. The van der Waals surface area contributed by atoms with Crippen molar-refractivity contribution in [1.29, 1.82) is 5.26 Å². The number of fused-ring (bicyclic) bond motifs is 1. The first kappa shape index (κ1) is 16.4. The third-order valence-electron chi connectivity index (χ3n) is 4.38. The minimum Gasteiger partial charge on any atom is -0.399 e. The van der Waals surface area contributed by atoms with Crippen molar-refractivity contribution in [2.24, 2.45) is 0 Å². The van der Waals surface area contributed by atoms with E-state index in [2.05, 4.69) is 16.7 Å². The third-order valence-corrected chi connectivity index (χ3v) is 4.38. The Morgan fingerprint density at radius 1 is 1.00 bits per heavy atom. The van der Waals surface area contributed by atoms with Gasteiger partial charge in [0, 0.05) is 22.6 Å². The molecule has 27 heavy (non-hydrogen) atoms. The Morgan fingerprint density at radius 3 is 2.44 bits per heavy atom. The van der Waals surface area contributed by atoms with E-state index in [4.69, 9.17) is 11.0 Å². The SMILES string of the molecule is N#Cc1ccc(N/C(=C2\C(=O)Nc3ccc(N)cc32)c2ccccc2)cc1. The van der Waals surface area contributed by atoms with Gasteiger partial charge in [0.2, 0.25) is 0 Å². The fourth-order valence-corrected chi connectivity index (χ4v) is 3.09. The molecular formula is C22H16N4O. The minimum absolute atomic E-state index is 0.185. The Kier molecular flexibility index (Phi) is 4.07. The molecule has 0 radical (unpaired) electrons. The van der Waals surface area contributed by atoms with Crippen LogP contribution >= 0.6 is 0 Å². The largest absolute Gasteiger partial charge is 0.399 e. The Labute approximate surface area is 156 Å². The average Bonchev–Trinajstić information content (AvgIpc) is 3.02. The molecular weight excluding hydrogens is 336 g/mol. The van der Waals surface area contributed by atoms with Crippen molar-refractivity contribution in [2.45, 2.75) is 0 Å². The number of nitrogens with two attached hydrogens (primary N) is 1. The van der Waals surface area contributed by atoms with E-state index in [9.17, 15) is 4.79 Å². The summed E-state index contributed by atoms with van der Waals surface area (Å²) in [5, 5.41) is 15.2. The van der Waals surface area contributed by atoms with Gasteiger partial charge in [0.15, 0.2) is 0 Å². The summed E-state index contributed by atoms with van der Waals surface area (Å²) < 4.78 is 0. The molecule has 0 bridgehead atoms. The van der Waals surface area contributed by atoms with Gasteiger partial charge in [-0.15, -0.1) is 0 Å². The van der Waals surface area contributed by atoms with Crippen LogP contribution in [0.3, 0.4) is 0 Å². The normalized spacial score (nSPS) is 14.1. The molecule has 130 valence electrons. The molecule has 4 N–H and O–H groups in total. The maximum Gasteiger partial charge on any atom is 0.258 e. The van der Waals surface area contributed by atoms with Gasteiger partial charge in [-0.1, -0.05) is 30.3 Å². The molecule has 0 spiro atoms. The van der Waals surface area contributed by atoms with Gasteiger partial charge >= 0.3 is 0 Å². The molecule has 3 aromatic carbocycles. The molecule has 0 aromatic heterocycles. The minimum atomic E-state index is -0.185. The molecule has 1 amide bonds. The highest BCUT2D eigenvalue weighted by Crippen LogP contribution is 2.38. The fourth-order valence-electron chi connectivity index (χ4n) is 3.09. The van der Waals surface area contributed by atoms with Gasteiger partial charge in [-0.05, 0) is 48.0 Å². The number of hydrogen-bond acceptors (Lipinski definition) is 4. The van der Waals surface area contributed by atoms with Crippen LogP contribution in [0.1, 0.15) is 16.7 Å². The number of amides is 1. The summed E-state index contributed by atoms with van der Waals surface area (Å²) in [6.07, 6.45) is 0. The van der Waals surface area contributed by atoms with Gasteiger partial charge < -0.3 is 16.4 Å². The molecule has 5 nitrogen and oxygen atoms in total. The van der Waals surface area contributed by atoms with Gasteiger partial charge in [0.25, 0.3) is 5.91 Å². The number of carbonyl (C=O) groups is 1. The molecule has 0 fully saturated rings. The summed E-state index contributed by atoms with van der Waals surface area (Å²) in [7, 11) is 0. The lowest BCUT2D eigenvalue weighted by molar-refractivity contribution is -0.110. The first-order valence-corrected chi connectivity index (χ1v) is 8.44. The zero-order valence-corrected chi connectivity index (χ0v) is 14.4. The number of rotatable bonds is 3. The van der Waals surface area contributed by atoms with Gasteiger partial charge in [0.05, 0.1) is 22.9 Å². The summed E-state index contributed by atoms with van der Waals surface area (Å²) in [5.74, 6) is -0.185. The summed E-state index contributed by atoms with van der Waals surface area (Å²) >= 11 is 0. The Bertz CT molecular complexity index is 1090. The van der Waals surface area contributed by atoms with Gasteiger partial charge in [0.1, 0.15) is 0 Å². The quantitative estimate of drug-likeness (QED) is 0.489. The predicted molar refractivity (Wildman–Crippen MR) is 108 cm³/mol. The molecule has 0 saturated carbocycles. The lowest BCUT2D eigenvalue weighted by Crippen LogP contribution is -2.10. The fraction of sp³-hybridized carbons (Fsp3) is 0. The van der Waals surface area contributed by atoms with E-state index in [0.29, 0.717) is 22.5 Å². The van der Waals surface area contributed by atoms with Crippen molar-refractivity contribution in [3.05, 3.63) is 89.5 Å². The highest BCUT2D eigenvalue weighted by Gasteiger charge is 2.28. The molecule has 1 aliphatic heterocycles. The van der Waals surface area contributed by atoms with Crippen LogP contribution in [0.25, 0.3) is 11.3 Å². The first-order valence-electron chi connectivity index (χ1n) is 8.44. The van der Waals surface area contributed by atoms with Crippen molar-refractivity contribution >= 4 is 34.2 Å². The van der Waals surface area contributed by atoms with Crippen molar-refractivity contribution in [2.75, 3.05) is 16.4 Å². The van der Waals surface area contributed by atoms with Crippen LogP contribution in [0.4, 0.5) is 17.1 Å². The van der Waals surface area contributed by atoms with E-state index < -0.39 is 0 Å². The number of carbonyl (C=O) groups excluding carboxylic acids is 1. The van der Waals surface area contributed by atoms with Crippen molar-refractivity contribution in [1.82, 2.24) is 0 Å². The smallest absolute Gasteiger partial charge is 0.258 e. The lowest BCUT2D eigenvalue weighted by atomic mass is 9.99. The van der Waals surface area contributed by atoms with Crippen LogP contribution in [-0.4, -0.2) is 5.91 Å². The molecule has 5 heteroatoms. The zero-order chi connectivity index (χ0) is 18.8. The topological polar surface area (TPSA) is 90.9 Å². The summed E-state index contributed by atoms with van der Waals surface area (Å²) in [4.78, 5) is 12.8. The maximum absolute atomic E-state index is 12.8. The van der Waals surface area contributed by atoms with E-state index in [1.807, 2.05) is 42.5 Å². The van der Waals surface area contributed by atoms with Gasteiger partial charge in [-0.25, -0.2) is 0 Å². The number of nitrogens with zero attached hydrogens (tertiary/aromatic N) is 1. The first-order chi connectivity index (χ1) is 13.2. The molecule has 4 rings (SSSR count). The Balaban J connectivity index is 1.89. The van der Waals surface area contributed by atoms with E-state index in [0.717, 1.165) is 22.5 Å². The van der Waals surface area contributed by atoms with Crippen LogP contribution in [0, 0.1) is 11.3 Å². The van der Waals surface area contributed by atoms with Gasteiger partial charge in [-0.3, -0.25) is 4.79 Å². The van der Waals surface area contributed by atoms with Crippen LogP contribution in [-0.2, 0) is 4.79 Å². The lowest BCUT2D eigenvalue weighted by Gasteiger charge is -2.15. The third kappa shape index (κ3) is 3.12. The summed E-state index contributed by atoms with van der Waals surface area (Å²) in [6.45, 7) is 0. The van der Waals surface area contributed by atoms with E-state index in [1.54, 1.807) is 30.3 Å². The molecule has 3 aromatic rings. The number of nitriles is 1. The number of nitrogens with one attached hydrogen (secondary N) is 2. The predicted octanol–water partition coefficient (Wildman–Crippen LogP) is 4.07. The Morgan fingerprint density at radius 2 is 1.74 bits per heavy atom. The summed E-state index contributed by atoms with van der Waals surface area (Å²) in [6, 6.07) is 24.2. The summed E-state index contributed by atoms with van der Waals surface area (Å²) in [5.41, 5.74) is 11.5. The molecule has 0 aliphatic carbocycles. The highest BCUT2D eigenvalue weighted by molar-refractivity contribution is 6.37. The van der Waals surface area contributed by atoms with Gasteiger partial charge in [-0.2, -0.15) is 5.26 Å². The second-order valence-electron chi connectivity index (χ2n) is 6.19. The van der Waals surface area contributed by atoms with E-state index >= 15 is 0 Å². The Hall–Kier alpha value is -4.04. The highest BCUT2D eigenvalue weighted by atomic mass is 16.2. The number of nitrogen functional groups attached to an aromatic ring is 1. The van der Waals surface area contributed by atoms with Crippen molar-refractivity contribution < 1.29 is 4.79 Å². The van der Waals surface area contributed by atoms with E-state index in [-0.39, 0.29) is 5.91 Å². The number of anilines is 3. The molecule has 0 atom stereocenters. The van der Waals surface area contributed by atoms with Crippen molar-refractivity contribution in [3.63, 3.8) is 0 Å². The van der Waals surface area contributed by atoms with E-state index in [1.165, 1.54) is 0 Å². The second kappa shape index (κ2) is 6.70. The number of hydrogen-bond donors (Lipinski definition) is 3. The van der Waals surface area contributed by atoms with Crippen LogP contribution in [0.5, 0.6) is 0 Å². The van der Waals surface area contributed by atoms with Crippen LogP contribution in [0.2, 0.25) is 0 Å². The monoisotopic (exact) mass is 352 g/mol. The second-order valence-corrected chi connectivity index (χ2v) is 6.19. The molecule has 1 aliphatic rings. The zero-order valence-electron chi connectivity index (χ0n) is 14.4.